The summed E-state index contributed by atoms with van der Waals surface area (Å²) in [4.78, 5) is 0. The number of hydrogen-bond donors (Lipinski definition) is 1. The fourth-order valence-corrected chi connectivity index (χ4v) is 1.81. The minimum Gasteiger partial charge on any atom is -0.213 e. The minimum atomic E-state index is -3.05. The lowest BCUT2D eigenvalue weighted by Gasteiger charge is -2.09. The van der Waals surface area contributed by atoms with E-state index in [-0.39, 0.29) is 6.04 Å². The van der Waals surface area contributed by atoms with Crippen molar-refractivity contribution in [1.29, 1.82) is 0 Å². The molecule has 0 amide bonds. The molecule has 0 aliphatic heterocycles. The molecule has 1 N–H and O–H groups in total. The van der Waals surface area contributed by atoms with Crippen molar-refractivity contribution in [3.8, 4) is 0 Å². The average molecular weight is 200 g/mol. The fraction of sp³-hybridized carbons (Fsp3) is 1.00. The van der Waals surface area contributed by atoms with Crippen LogP contribution in [0.5, 0.6) is 0 Å². The van der Waals surface area contributed by atoms with Crippen molar-refractivity contribution >= 4 is 21.6 Å². The van der Waals surface area contributed by atoms with Crippen molar-refractivity contribution < 1.29 is 8.42 Å². The summed E-state index contributed by atoms with van der Waals surface area (Å²) >= 11 is 5.44. The van der Waals surface area contributed by atoms with Gasteiger partial charge in [0.25, 0.3) is 0 Å². The first-order valence-corrected chi connectivity index (χ1v) is 5.91. The van der Waals surface area contributed by atoms with Gasteiger partial charge >= 0.3 is 0 Å². The molecule has 0 aromatic rings. The molecule has 0 radical (unpaired) electrons. The van der Waals surface area contributed by atoms with Crippen molar-refractivity contribution in [3.63, 3.8) is 0 Å². The van der Waals surface area contributed by atoms with E-state index in [1.165, 1.54) is 0 Å². The van der Waals surface area contributed by atoms with Gasteiger partial charge in [0, 0.05) is 11.9 Å². The van der Waals surface area contributed by atoms with Gasteiger partial charge in [-0.3, -0.25) is 0 Å². The highest BCUT2D eigenvalue weighted by Crippen LogP contribution is 1.98. The summed E-state index contributed by atoms with van der Waals surface area (Å²) in [7, 11) is -3.05. The van der Waals surface area contributed by atoms with Crippen LogP contribution in [0.3, 0.4) is 0 Å². The lowest BCUT2D eigenvalue weighted by molar-refractivity contribution is 0.549. The monoisotopic (exact) mass is 199 g/mol. The molecule has 0 bridgehead atoms. The summed E-state index contributed by atoms with van der Waals surface area (Å²) in [6, 6.07) is -0.0104. The summed E-state index contributed by atoms with van der Waals surface area (Å²) in [5.74, 6) is 0.579. The molecule has 0 fully saturated rings. The van der Waals surface area contributed by atoms with E-state index in [1.54, 1.807) is 0 Å². The third kappa shape index (κ3) is 8.10. The fourth-order valence-electron chi connectivity index (χ4n) is 0.808. The summed E-state index contributed by atoms with van der Waals surface area (Å²) in [5.41, 5.74) is 0. The SMILES string of the molecule is CC(CCCCl)NS(C)(=O)=O. The predicted octanol–water partition coefficient (Wildman–Crippen LogP) is 0.943. The smallest absolute Gasteiger partial charge is 0.208 e. The van der Waals surface area contributed by atoms with Gasteiger partial charge in [0.05, 0.1) is 6.26 Å². The van der Waals surface area contributed by atoms with Crippen LogP contribution in [0.4, 0.5) is 0 Å². The Morgan fingerprint density at radius 3 is 2.45 bits per heavy atom. The summed E-state index contributed by atoms with van der Waals surface area (Å²) < 4.78 is 23.8. The third-order valence-corrected chi connectivity index (χ3v) is 2.28. The molecule has 3 nitrogen and oxygen atoms in total. The second kappa shape index (κ2) is 4.95. The molecule has 0 aliphatic rings. The molecule has 0 saturated heterocycles. The molecule has 0 saturated carbocycles. The second-order valence-corrected chi connectivity index (χ2v) is 4.78. The van der Waals surface area contributed by atoms with E-state index < -0.39 is 10.0 Å². The van der Waals surface area contributed by atoms with E-state index >= 15 is 0 Å². The normalized spacial score (nSPS) is 14.8. The number of sulfonamides is 1. The van der Waals surface area contributed by atoms with Gasteiger partial charge in [-0.15, -0.1) is 11.6 Å². The molecule has 1 atom stereocenters. The standard InChI is InChI=1S/C6H14ClNO2S/c1-6(4-3-5-7)8-11(2,9)10/h6,8H,3-5H2,1-2H3. The van der Waals surface area contributed by atoms with Gasteiger partial charge in [0.1, 0.15) is 0 Å². The van der Waals surface area contributed by atoms with E-state index in [0.717, 1.165) is 19.1 Å². The van der Waals surface area contributed by atoms with Crippen LogP contribution in [-0.2, 0) is 10.0 Å². The molecule has 68 valence electrons. The quantitative estimate of drug-likeness (QED) is 0.670. The van der Waals surface area contributed by atoms with E-state index in [9.17, 15) is 8.42 Å². The Morgan fingerprint density at radius 1 is 1.55 bits per heavy atom. The van der Waals surface area contributed by atoms with Crippen molar-refractivity contribution in [2.75, 3.05) is 12.1 Å². The molecule has 0 aromatic carbocycles. The van der Waals surface area contributed by atoms with E-state index in [0.29, 0.717) is 5.88 Å². The molecule has 5 heteroatoms. The number of alkyl halides is 1. The lowest BCUT2D eigenvalue weighted by Crippen LogP contribution is -2.31. The van der Waals surface area contributed by atoms with Crippen LogP contribution in [0.2, 0.25) is 0 Å². The number of hydrogen-bond acceptors (Lipinski definition) is 2. The molecule has 11 heavy (non-hydrogen) atoms. The Kier molecular flexibility index (Phi) is 5.04. The first-order chi connectivity index (χ1) is 4.95. The van der Waals surface area contributed by atoms with Gasteiger partial charge in [-0.2, -0.15) is 0 Å². The number of nitrogens with one attached hydrogen (secondary N) is 1. The molecule has 0 heterocycles. The maximum Gasteiger partial charge on any atom is 0.208 e. The van der Waals surface area contributed by atoms with Crippen molar-refractivity contribution in [2.45, 2.75) is 25.8 Å². The first-order valence-electron chi connectivity index (χ1n) is 3.49. The number of rotatable bonds is 5. The van der Waals surface area contributed by atoms with Gasteiger partial charge in [0.15, 0.2) is 0 Å². The van der Waals surface area contributed by atoms with Gasteiger partial charge in [0.2, 0.25) is 10.0 Å². The summed E-state index contributed by atoms with van der Waals surface area (Å²) in [5, 5.41) is 0. The topological polar surface area (TPSA) is 46.2 Å². The van der Waals surface area contributed by atoms with Gasteiger partial charge in [-0.05, 0) is 19.8 Å². The Hall–Kier alpha value is 0.200. The molecule has 0 spiro atoms. The van der Waals surface area contributed by atoms with Crippen molar-refractivity contribution in [3.05, 3.63) is 0 Å². The Bertz CT molecular complexity index is 191. The molecular formula is C6H14ClNO2S. The van der Waals surface area contributed by atoms with Gasteiger partial charge < -0.3 is 0 Å². The first kappa shape index (κ1) is 11.2. The maximum atomic E-state index is 10.7. The summed E-state index contributed by atoms with van der Waals surface area (Å²) in [6.07, 6.45) is 2.78. The third-order valence-electron chi connectivity index (χ3n) is 1.19. The van der Waals surface area contributed by atoms with Crippen molar-refractivity contribution in [2.24, 2.45) is 0 Å². The largest absolute Gasteiger partial charge is 0.213 e. The maximum absolute atomic E-state index is 10.7. The predicted molar refractivity (Wildman–Crippen MR) is 47.4 cm³/mol. The Morgan fingerprint density at radius 2 is 2.09 bits per heavy atom. The van der Waals surface area contributed by atoms with E-state index in [1.807, 2.05) is 6.92 Å². The summed E-state index contributed by atoms with van der Waals surface area (Å²) in [6.45, 7) is 1.83. The number of halogens is 1. The highest BCUT2D eigenvalue weighted by molar-refractivity contribution is 7.88. The Balaban J connectivity index is 3.61. The van der Waals surface area contributed by atoms with Gasteiger partial charge in [-0.1, -0.05) is 0 Å². The van der Waals surface area contributed by atoms with Crippen LogP contribution in [0.1, 0.15) is 19.8 Å². The molecule has 0 aromatic heterocycles. The highest BCUT2D eigenvalue weighted by atomic mass is 35.5. The van der Waals surface area contributed by atoms with E-state index in [4.69, 9.17) is 11.6 Å². The lowest BCUT2D eigenvalue weighted by atomic mass is 10.2. The van der Waals surface area contributed by atoms with Crippen LogP contribution in [0.15, 0.2) is 0 Å². The van der Waals surface area contributed by atoms with Crippen LogP contribution in [0.25, 0.3) is 0 Å². The second-order valence-electron chi connectivity index (χ2n) is 2.62. The molecular weight excluding hydrogens is 186 g/mol. The van der Waals surface area contributed by atoms with E-state index in [2.05, 4.69) is 4.72 Å². The highest BCUT2D eigenvalue weighted by Gasteiger charge is 2.06. The zero-order chi connectivity index (χ0) is 8.91. The van der Waals surface area contributed by atoms with Gasteiger partial charge in [-0.25, -0.2) is 13.1 Å². The average Bonchev–Trinajstić information content (AvgIpc) is 1.79. The van der Waals surface area contributed by atoms with Crippen LogP contribution in [-0.4, -0.2) is 26.6 Å². The minimum absolute atomic E-state index is 0.0104. The molecule has 0 rings (SSSR count). The van der Waals surface area contributed by atoms with Crippen LogP contribution in [0, 0.1) is 0 Å². The van der Waals surface area contributed by atoms with Crippen LogP contribution < -0.4 is 4.72 Å². The molecule has 0 aliphatic carbocycles. The molecule has 1 unspecified atom stereocenters. The van der Waals surface area contributed by atoms with Crippen molar-refractivity contribution in [1.82, 2.24) is 4.72 Å². The Labute approximate surface area is 73.2 Å². The van der Waals surface area contributed by atoms with Crippen LogP contribution >= 0.6 is 11.6 Å². The zero-order valence-corrected chi connectivity index (χ0v) is 8.37. The zero-order valence-electron chi connectivity index (χ0n) is 6.80.